The van der Waals surface area contributed by atoms with Gasteiger partial charge in [-0.2, -0.15) is 0 Å². The van der Waals surface area contributed by atoms with Gasteiger partial charge in [-0.3, -0.25) is 14.3 Å². The van der Waals surface area contributed by atoms with E-state index in [4.69, 9.17) is 0 Å². The van der Waals surface area contributed by atoms with Crippen molar-refractivity contribution >= 4 is 5.82 Å². The number of nitrogens with one attached hydrogen (secondary N) is 2. The van der Waals surface area contributed by atoms with Gasteiger partial charge in [0.05, 0.1) is 11.6 Å². The van der Waals surface area contributed by atoms with Crippen LogP contribution < -0.4 is 16.6 Å². The molecule has 5 nitrogen and oxygen atoms in total. The third-order valence-electron chi connectivity index (χ3n) is 3.15. The van der Waals surface area contributed by atoms with Crippen LogP contribution in [0.15, 0.2) is 9.59 Å². The highest BCUT2D eigenvalue weighted by Gasteiger charge is 2.42. The molecule has 1 aliphatic rings. The summed E-state index contributed by atoms with van der Waals surface area (Å²) < 4.78 is 28.1. The number of anilines is 1. The van der Waals surface area contributed by atoms with Crippen LogP contribution in [0.5, 0.6) is 0 Å². The lowest BCUT2D eigenvalue weighted by atomic mass is 9.98. The van der Waals surface area contributed by atoms with Crippen molar-refractivity contribution in [1.82, 2.24) is 9.55 Å². The quantitative estimate of drug-likeness (QED) is 0.794. The van der Waals surface area contributed by atoms with Crippen LogP contribution in [-0.2, 0) is 6.42 Å². The predicted octanol–water partition coefficient (Wildman–Crippen LogP) is 1.11. The second-order valence-electron chi connectivity index (χ2n) is 4.86. The molecule has 2 rings (SSSR count). The van der Waals surface area contributed by atoms with Gasteiger partial charge in [0.2, 0.25) is 0 Å². The van der Waals surface area contributed by atoms with E-state index in [1.807, 2.05) is 0 Å². The Morgan fingerprint density at radius 2 is 2.00 bits per heavy atom. The molecule has 0 aromatic carbocycles. The van der Waals surface area contributed by atoms with Crippen molar-refractivity contribution in [2.45, 2.75) is 45.2 Å². The number of rotatable bonds is 1. The maximum absolute atomic E-state index is 13.6. The summed E-state index contributed by atoms with van der Waals surface area (Å²) in [6.45, 7) is 4.62. The predicted molar refractivity (Wildman–Crippen MR) is 63.4 cm³/mol. The Kier molecular flexibility index (Phi) is 2.79. The molecule has 1 aliphatic heterocycles. The monoisotopic (exact) mass is 259 g/mol. The van der Waals surface area contributed by atoms with Crippen LogP contribution in [0.4, 0.5) is 14.6 Å². The molecule has 0 unspecified atom stereocenters. The molecule has 0 bridgehead atoms. The topological polar surface area (TPSA) is 66.9 Å². The first-order chi connectivity index (χ1) is 8.24. The van der Waals surface area contributed by atoms with E-state index in [1.54, 1.807) is 13.8 Å². The molecule has 18 heavy (non-hydrogen) atoms. The van der Waals surface area contributed by atoms with Gasteiger partial charge in [-0.1, -0.05) is 0 Å². The molecule has 2 heterocycles. The average molecular weight is 259 g/mol. The molecule has 0 saturated heterocycles. The van der Waals surface area contributed by atoms with Gasteiger partial charge in [-0.15, -0.1) is 0 Å². The number of aromatic amines is 1. The lowest BCUT2D eigenvalue weighted by Gasteiger charge is -2.31. The second-order valence-corrected chi connectivity index (χ2v) is 4.86. The van der Waals surface area contributed by atoms with Gasteiger partial charge in [-0.25, -0.2) is 13.6 Å². The van der Waals surface area contributed by atoms with Crippen LogP contribution in [0.1, 0.15) is 32.4 Å². The van der Waals surface area contributed by atoms with E-state index in [-0.39, 0.29) is 17.4 Å². The lowest BCUT2D eigenvalue weighted by molar-refractivity contribution is -0.0171. The maximum Gasteiger partial charge on any atom is 0.330 e. The highest BCUT2D eigenvalue weighted by Crippen LogP contribution is 2.31. The Morgan fingerprint density at radius 1 is 1.39 bits per heavy atom. The fourth-order valence-electron chi connectivity index (χ4n) is 2.05. The van der Waals surface area contributed by atoms with Crippen LogP contribution in [0, 0.1) is 0 Å². The van der Waals surface area contributed by atoms with Crippen molar-refractivity contribution in [3.63, 3.8) is 0 Å². The first-order valence-corrected chi connectivity index (χ1v) is 5.76. The minimum Gasteiger partial charge on any atom is -0.363 e. The van der Waals surface area contributed by atoms with Gasteiger partial charge in [0.15, 0.2) is 0 Å². The molecule has 0 spiro atoms. The summed E-state index contributed by atoms with van der Waals surface area (Å²) in [6.07, 6.45) is -0.654. The Balaban J connectivity index is 2.67. The van der Waals surface area contributed by atoms with E-state index in [9.17, 15) is 18.4 Å². The van der Waals surface area contributed by atoms with Gasteiger partial charge in [0.1, 0.15) is 5.82 Å². The minimum absolute atomic E-state index is 0.0635. The number of alkyl halides is 2. The summed E-state index contributed by atoms with van der Waals surface area (Å²) in [5.74, 6) is -2.89. The number of nitrogens with zero attached hydrogens (tertiary/aromatic N) is 1. The number of hydrogen-bond donors (Lipinski definition) is 2. The molecular formula is C11H15F2N3O2. The van der Waals surface area contributed by atoms with Crippen molar-refractivity contribution in [3.8, 4) is 0 Å². The highest BCUT2D eigenvalue weighted by atomic mass is 19.3. The molecule has 0 fully saturated rings. The number of H-pyrrole nitrogens is 1. The van der Waals surface area contributed by atoms with E-state index < -0.39 is 29.6 Å². The van der Waals surface area contributed by atoms with Gasteiger partial charge in [-0.05, 0) is 20.8 Å². The fourth-order valence-corrected chi connectivity index (χ4v) is 2.05. The van der Waals surface area contributed by atoms with Crippen molar-refractivity contribution in [3.05, 3.63) is 26.4 Å². The smallest absolute Gasteiger partial charge is 0.330 e. The van der Waals surface area contributed by atoms with Crippen LogP contribution in [0.2, 0.25) is 0 Å². The SMILES string of the molecule is CC(C)n1c(=O)[nH]c2c(c1=O)CC(F)(F)[C@@H](C)N2. The maximum atomic E-state index is 13.6. The molecule has 7 heteroatoms. The first-order valence-electron chi connectivity index (χ1n) is 5.76. The molecule has 0 saturated carbocycles. The number of halogens is 2. The van der Waals surface area contributed by atoms with Crippen LogP contribution in [-0.4, -0.2) is 21.5 Å². The summed E-state index contributed by atoms with van der Waals surface area (Å²) in [5.41, 5.74) is -1.30. The molecule has 100 valence electrons. The molecule has 1 atom stereocenters. The van der Waals surface area contributed by atoms with E-state index in [0.29, 0.717) is 0 Å². The third kappa shape index (κ3) is 1.83. The summed E-state index contributed by atoms with van der Waals surface area (Å²) in [4.78, 5) is 26.2. The molecule has 0 amide bonds. The zero-order valence-electron chi connectivity index (χ0n) is 10.4. The average Bonchev–Trinajstić information content (AvgIpc) is 2.21. The minimum atomic E-state index is -3.00. The Labute approximate surface area is 102 Å². The highest BCUT2D eigenvalue weighted by molar-refractivity contribution is 5.47. The van der Waals surface area contributed by atoms with E-state index >= 15 is 0 Å². The standard InChI is InChI=1S/C11H15F2N3O2/c1-5(2)16-9(17)7-4-11(12,13)6(3)14-8(7)15-10(16)18/h5-6,14H,4H2,1-3H3,(H,15,18)/t6-/m1/s1. The molecular weight excluding hydrogens is 244 g/mol. The number of fused-ring (bicyclic) bond motifs is 1. The molecule has 0 radical (unpaired) electrons. The summed E-state index contributed by atoms with van der Waals surface area (Å²) in [7, 11) is 0. The second kappa shape index (κ2) is 3.93. The summed E-state index contributed by atoms with van der Waals surface area (Å²) in [6, 6.07) is -1.49. The molecule has 0 aliphatic carbocycles. The molecule has 1 aromatic rings. The van der Waals surface area contributed by atoms with Crippen molar-refractivity contribution in [2.75, 3.05) is 5.32 Å². The number of hydrogen-bond acceptors (Lipinski definition) is 3. The first kappa shape index (κ1) is 12.8. The van der Waals surface area contributed by atoms with Gasteiger partial charge in [0, 0.05) is 12.5 Å². The van der Waals surface area contributed by atoms with Crippen LogP contribution in [0.3, 0.4) is 0 Å². The lowest BCUT2D eigenvalue weighted by Crippen LogP contribution is -2.49. The van der Waals surface area contributed by atoms with Crippen molar-refractivity contribution < 1.29 is 8.78 Å². The van der Waals surface area contributed by atoms with E-state index in [2.05, 4.69) is 10.3 Å². The summed E-state index contributed by atoms with van der Waals surface area (Å²) >= 11 is 0. The van der Waals surface area contributed by atoms with Gasteiger partial charge in [0.25, 0.3) is 11.5 Å². The van der Waals surface area contributed by atoms with Crippen molar-refractivity contribution in [2.24, 2.45) is 0 Å². The Bertz CT molecular complexity index is 589. The largest absolute Gasteiger partial charge is 0.363 e. The zero-order valence-corrected chi connectivity index (χ0v) is 10.4. The fraction of sp³-hybridized carbons (Fsp3) is 0.636. The molecule has 1 aromatic heterocycles. The normalized spacial score (nSPS) is 21.6. The Hall–Kier alpha value is -1.66. The summed E-state index contributed by atoms with van der Waals surface area (Å²) in [5, 5.41) is 2.48. The third-order valence-corrected chi connectivity index (χ3v) is 3.15. The van der Waals surface area contributed by atoms with Gasteiger partial charge >= 0.3 is 5.69 Å². The van der Waals surface area contributed by atoms with Crippen LogP contribution >= 0.6 is 0 Å². The molecule has 2 N–H and O–H groups in total. The van der Waals surface area contributed by atoms with E-state index in [1.165, 1.54) is 6.92 Å². The number of aromatic nitrogens is 2. The Morgan fingerprint density at radius 3 is 2.56 bits per heavy atom. The van der Waals surface area contributed by atoms with E-state index in [0.717, 1.165) is 4.57 Å². The van der Waals surface area contributed by atoms with Crippen molar-refractivity contribution in [1.29, 1.82) is 0 Å². The zero-order chi connectivity index (χ0) is 13.7. The van der Waals surface area contributed by atoms with Crippen LogP contribution in [0.25, 0.3) is 0 Å². The van der Waals surface area contributed by atoms with Gasteiger partial charge < -0.3 is 5.32 Å².